The van der Waals surface area contributed by atoms with Crippen LogP contribution < -0.4 is 4.90 Å². The van der Waals surface area contributed by atoms with Crippen LogP contribution in [0.1, 0.15) is 13.8 Å². The molecule has 0 atom stereocenters. The molecule has 5 nitrogen and oxygen atoms in total. The van der Waals surface area contributed by atoms with Crippen LogP contribution in [0.25, 0.3) is 5.69 Å². The van der Waals surface area contributed by atoms with Crippen molar-refractivity contribution in [2.45, 2.75) is 13.8 Å². The van der Waals surface area contributed by atoms with Gasteiger partial charge in [0, 0.05) is 18.8 Å². The van der Waals surface area contributed by atoms with Gasteiger partial charge in [-0.25, -0.2) is 0 Å². The highest BCUT2D eigenvalue weighted by molar-refractivity contribution is 5.52. The van der Waals surface area contributed by atoms with Gasteiger partial charge in [0.15, 0.2) is 0 Å². The number of aromatic nitrogens is 3. The van der Waals surface area contributed by atoms with Gasteiger partial charge in [-0.3, -0.25) is 0 Å². The molecule has 0 aliphatic carbocycles. The number of nitrogens with zero attached hydrogens (tertiary/aromatic N) is 4. The average Bonchev–Trinajstić information content (AvgIpc) is 3.05. The Morgan fingerprint density at radius 3 is 2.32 bits per heavy atom. The molecule has 1 aliphatic heterocycles. The predicted molar refractivity (Wildman–Crippen MR) is 75.7 cm³/mol. The molecular formula is C14H20N4O. The van der Waals surface area contributed by atoms with Crippen LogP contribution in [0.3, 0.4) is 0 Å². The highest BCUT2D eigenvalue weighted by atomic mass is 16.5. The monoisotopic (exact) mass is 260 g/mol. The lowest BCUT2D eigenvalue weighted by Gasteiger charge is -2.29. The fourth-order valence-electron chi connectivity index (χ4n) is 1.98. The van der Waals surface area contributed by atoms with E-state index in [4.69, 9.17) is 4.74 Å². The average molecular weight is 260 g/mol. The van der Waals surface area contributed by atoms with Crippen LogP contribution in [0.2, 0.25) is 0 Å². The number of morpholine rings is 1. The van der Waals surface area contributed by atoms with E-state index in [1.165, 1.54) is 5.69 Å². The summed E-state index contributed by atoms with van der Waals surface area (Å²) in [7, 11) is 0. The Hall–Kier alpha value is -1.88. The SMILES string of the molecule is CC.c1cc(N2CCOCC2)cc(-n2nccn2)c1. The fourth-order valence-corrected chi connectivity index (χ4v) is 1.98. The molecule has 1 aliphatic rings. The van der Waals surface area contributed by atoms with Crippen LogP contribution in [-0.4, -0.2) is 41.3 Å². The Bertz CT molecular complexity index is 478. The zero-order valence-electron chi connectivity index (χ0n) is 11.5. The third-order valence-electron chi connectivity index (χ3n) is 2.86. The first-order chi connectivity index (χ1) is 9.43. The summed E-state index contributed by atoms with van der Waals surface area (Å²) in [5.41, 5.74) is 2.18. The zero-order valence-corrected chi connectivity index (χ0v) is 11.5. The Morgan fingerprint density at radius 1 is 1.00 bits per heavy atom. The van der Waals surface area contributed by atoms with Crippen molar-refractivity contribution in [3.8, 4) is 5.69 Å². The van der Waals surface area contributed by atoms with Crippen molar-refractivity contribution in [3.63, 3.8) is 0 Å². The smallest absolute Gasteiger partial charge is 0.0877 e. The molecule has 19 heavy (non-hydrogen) atoms. The highest BCUT2D eigenvalue weighted by Crippen LogP contribution is 2.18. The number of anilines is 1. The largest absolute Gasteiger partial charge is 0.378 e. The maximum absolute atomic E-state index is 5.35. The number of rotatable bonds is 2. The quantitative estimate of drug-likeness (QED) is 0.829. The number of benzene rings is 1. The molecule has 102 valence electrons. The fraction of sp³-hybridized carbons (Fsp3) is 0.429. The second-order valence-corrected chi connectivity index (χ2v) is 3.94. The molecule has 0 saturated carbocycles. The summed E-state index contributed by atoms with van der Waals surface area (Å²) in [5, 5.41) is 8.27. The van der Waals surface area contributed by atoms with Gasteiger partial charge in [-0.05, 0) is 18.2 Å². The Balaban J connectivity index is 0.000000637. The van der Waals surface area contributed by atoms with Crippen molar-refractivity contribution in [2.24, 2.45) is 0 Å². The van der Waals surface area contributed by atoms with Crippen molar-refractivity contribution in [1.82, 2.24) is 15.0 Å². The topological polar surface area (TPSA) is 43.2 Å². The van der Waals surface area contributed by atoms with E-state index in [-0.39, 0.29) is 0 Å². The van der Waals surface area contributed by atoms with Gasteiger partial charge >= 0.3 is 0 Å². The first kappa shape index (κ1) is 13.5. The molecule has 1 saturated heterocycles. The predicted octanol–water partition coefficient (Wildman–Crippen LogP) is 2.13. The Kier molecular flexibility index (Phi) is 4.92. The molecule has 1 aromatic heterocycles. The van der Waals surface area contributed by atoms with Crippen LogP contribution in [0.5, 0.6) is 0 Å². The van der Waals surface area contributed by atoms with E-state index < -0.39 is 0 Å². The van der Waals surface area contributed by atoms with Crippen LogP contribution in [0.15, 0.2) is 36.7 Å². The van der Waals surface area contributed by atoms with Crippen molar-refractivity contribution in [3.05, 3.63) is 36.7 Å². The molecule has 0 N–H and O–H groups in total. The maximum atomic E-state index is 5.35. The lowest BCUT2D eigenvalue weighted by Crippen LogP contribution is -2.36. The summed E-state index contributed by atoms with van der Waals surface area (Å²) in [6.07, 6.45) is 3.36. The lowest BCUT2D eigenvalue weighted by atomic mass is 10.2. The van der Waals surface area contributed by atoms with Gasteiger partial charge in [-0.1, -0.05) is 19.9 Å². The molecule has 0 spiro atoms. The maximum Gasteiger partial charge on any atom is 0.0877 e. The van der Waals surface area contributed by atoms with Gasteiger partial charge in [-0.15, -0.1) is 0 Å². The minimum Gasteiger partial charge on any atom is -0.378 e. The first-order valence-electron chi connectivity index (χ1n) is 6.73. The molecule has 1 aromatic carbocycles. The molecule has 0 bridgehead atoms. The summed E-state index contributed by atoms with van der Waals surface area (Å²) in [6, 6.07) is 8.25. The molecule has 1 fully saturated rings. The summed E-state index contributed by atoms with van der Waals surface area (Å²) < 4.78 is 5.35. The summed E-state index contributed by atoms with van der Waals surface area (Å²) in [4.78, 5) is 3.94. The van der Waals surface area contributed by atoms with E-state index in [0.29, 0.717) is 0 Å². The third kappa shape index (κ3) is 3.32. The van der Waals surface area contributed by atoms with Gasteiger partial charge < -0.3 is 9.64 Å². The highest BCUT2D eigenvalue weighted by Gasteiger charge is 2.11. The summed E-state index contributed by atoms with van der Waals surface area (Å²) in [5.74, 6) is 0. The second-order valence-electron chi connectivity index (χ2n) is 3.94. The minimum atomic E-state index is 0.796. The molecule has 2 aromatic rings. The molecule has 0 amide bonds. The van der Waals surface area contributed by atoms with E-state index in [1.54, 1.807) is 17.2 Å². The van der Waals surface area contributed by atoms with E-state index >= 15 is 0 Å². The van der Waals surface area contributed by atoms with E-state index in [9.17, 15) is 0 Å². The second kappa shape index (κ2) is 6.89. The van der Waals surface area contributed by atoms with Crippen LogP contribution in [0.4, 0.5) is 5.69 Å². The third-order valence-corrected chi connectivity index (χ3v) is 2.86. The molecule has 2 heterocycles. The van der Waals surface area contributed by atoms with Gasteiger partial charge in [0.2, 0.25) is 0 Å². The Labute approximate surface area is 113 Å². The molecule has 0 unspecified atom stereocenters. The van der Waals surface area contributed by atoms with E-state index in [0.717, 1.165) is 32.0 Å². The van der Waals surface area contributed by atoms with Gasteiger partial charge in [0.05, 0.1) is 31.3 Å². The van der Waals surface area contributed by atoms with E-state index in [1.807, 2.05) is 26.0 Å². The van der Waals surface area contributed by atoms with Gasteiger partial charge in [0.1, 0.15) is 0 Å². The number of ether oxygens (including phenoxy) is 1. The van der Waals surface area contributed by atoms with Crippen molar-refractivity contribution in [1.29, 1.82) is 0 Å². The normalized spacial score (nSPS) is 14.7. The van der Waals surface area contributed by atoms with Crippen molar-refractivity contribution in [2.75, 3.05) is 31.2 Å². The number of hydrogen-bond acceptors (Lipinski definition) is 4. The van der Waals surface area contributed by atoms with Crippen molar-refractivity contribution >= 4 is 5.69 Å². The van der Waals surface area contributed by atoms with Crippen molar-refractivity contribution < 1.29 is 4.74 Å². The summed E-state index contributed by atoms with van der Waals surface area (Å²) >= 11 is 0. The number of hydrogen-bond donors (Lipinski definition) is 0. The van der Waals surface area contributed by atoms with E-state index in [2.05, 4.69) is 27.2 Å². The lowest BCUT2D eigenvalue weighted by molar-refractivity contribution is 0.122. The van der Waals surface area contributed by atoms with Crippen LogP contribution >= 0.6 is 0 Å². The van der Waals surface area contributed by atoms with Crippen LogP contribution in [-0.2, 0) is 4.74 Å². The molecule has 0 radical (unpaired) electrons. The standard InChI is InChI=1S/C12H14N4O.C2H6/c1-2-11(15-6-8-17-9-7-15)10-12(3-1)16-13-4-5-14-16;1-2/h1-5,10H,6-9H2;1-2H3. The Morgan fingerprint density at radius 2 is 1.63 bits per heavy atom. The molecular weight excluding hydrogens is 240 g/mol. The van der Waals surface area contributed by atoms with Gasteiger partial charge in [0.25, 0.3) is 0 Å². The van der Waals surface area contributed by atoms with Gasteiger partial charge in [-0.2, -0.15) is 15.0 Å². The first-order valence-corrected chi connectivity index (χ1v) is 6.73. The zero-order chi connectivity index (χ0) is 13.5. The summed E-state index contributed by atoms with van der Waals surface area (Å²) in [6.45, 7) is 7.47. The minimum absolute atomic E-state index is 0.796. The molecule has 5 heteroatoms. The van der Waals surface area contributed by atoms with Crippen LogP contribution in [0, 0.1) is 0 Å². The molecule has 3 rings (SSSR count).